The smallest absolute Gasteiger partial charge is 0.140 e. The topological polar surface area (TPSA) is 17.8 Å². The van der Waals surface area contributed by atoms with Gasteiger partial charge in [0.15, 0.2) is 0 Å². The minimum Gasteiger partial charge on any atom is -0.333 e. The van der Waals surface area contributed by atoms with Crippen LogP contribution in [0.3, 0.4) is 0 Å². The molecule has 0 aliphatic carbocycles. The molecule has 2 aromatic heterocycles. The average Bonchev–Trinajstić information content (AvgIpc) is 3.57. The summed E-state index contributed by atoms with van der Waals surface area (Å²) in [5.41, 5.74) is 8.73. The van der Waals surface area contributed by atoms with E-state index in [-0.39, 0.29) is 25.9 Å². The largest absolute Gasteiger partial charge is 0.333 e. The SMILES string of the molecule is CC(C)c1cccc(C(C)C)c1-n1c(-c2[c-]ccc3c2sc2c(F)ccc(-c4ccccc4)c23)nc2ccccc21.[Ir]. The van der Waals surface area contributed by atoms with Crippen molar-refractivity contribution >= 4 is 42.5 Å². The molecular weight excluding hydrogens is 716 g/mol. The first-order valence-electron chi connectivity index (χ1n) is 14.2. The summed E-state index contributed by atoms with van der Waals surface area (Å²) < 4.78 is 19.4. The molecule has 2 heterocycles. The van der Waals surface area contributed by atoms with Gasteiger partial charge < -0.3 is 4.57 Å². The first kappa shape index (κ1) is 28.5. The normalized spacial score (nSPS) is 11.7. The first-order chi connectivity index (χ1) is 19.9. The van der Waals surface area contributed by atoms with Crippen molar-refractivity contribution in [2.75, 3.05) is 0 Å². The Hall–Kier alpha value is -3.63. The number of hydrogen-bond acceptors (Lipinski definition) is 2. The van der Waals surface area contributed by atoms with Gasteiger partial charge in [0, 0.05) is 25.8 Å². The van der Waals surface area contributed by atoms with E-state index in [1.54, 1.807) is 6.07 Å². The molecule has 0 bridgehead atoms. The Morgan fingerprint density at radius 2 is 1.45 bits per heavy atom. The van der Waals surface area contributed by atoms with E-state index in [1.807, 2.05) is 36.4 Å². The summed E-state index contributed by atoms with van der Waals surface area (Å²) in [6, 6.07) is 36.2. The third kappa shape index (κ3) is 4.52. The van der Waals surface area contributed by atoms with E-state index >= 15 is 4.39 Å². The quantitative estimate of drug-likeness (QED) is 0.160. The van der Waals surface area contributed by atoms with Crippen LogP contribution in [0.25, 0.3) is 59.4 Å². The van der Waals surface area contributed by atoms with Crippen LogP contribution in [0, 0.1) is 11.9 Å². The van der Waals surface area contributed by atoms with Gasteiger partial charge >= 0.3 is 0 Å². The summed E-state index contributed by atoms with van der Waals surface area (Å²) in [7, 11) is 0. The van der Waals surface area contributed by atoms with Gasteiger partial charge in [0.1, 0.15) is 5.82 Å². The summed E-state index contributed by atoms with van der Waals surface area (Å²) in [6.07, 6.45) is 0. The maximum absolute atomic E-state index is 15.4. The van der Waals surface area contributed by atoms with Crippen LogP contribution >= 0.6 is 11.3 Å². The standard InChI is InChI=1S/C37H30FN2S.Ir/c1-22(2)25-14-10-15-26(23(3)4)34(25)40-32-19-9-8-18-31(32)39-37(40)29-17-11-16-28-33-27(24-12-6-5-7-13-24)20-21-30(38)36(33)41-35(28)29;/h5-16,18-23H,1-4H3;/q-1;. The Labute approximate surface area is 263 Å². The molecular formula is C37H30FIrN2S-. The van der Waals surface area contributed by atoms with E-state index in [4.69, 9.17) is 4.98 Å². The Balaban J connectivity index is 0.00000316. The molecule has 7 rings (SSSR count). The molecule has 0 atom stereocenters. The van der Waals surface area contributed by atoms with E-state index in [0.29, 0.717) is 16.5 Å². The Kier molecular flexibility index (Phi) is 7.61. The molecule has 0 unspecified atom stereocenters. The Bertz CT molecular complexity index is 2050. The number of nitrogens with zero attached hydrogens (tertiary/aromatic N) is 2. The van der Waals surface area contributed by atoms with Crippen molar-refractivity contribution in [1.29, 1.82) is 0 Å². The van der Waals surface area contributed by atoms with Crippen molar-refractivity contribution in [3.63, 3.8) is 0 Å². The van der Waals surface area contributed by atoms with Crippen molar-refractivity contribution in [1.82, 2.24) is 9.55 Å². The van der Waals surface area contributed by atoms with Gasteiger partial charge in [0.2, 0.25) is 0 Å². The van der Waals surface area contributed by atoms with Crippen LogP contribution in [0.4, 0.5) is 4.39 Å². The van der Waals surface area contributed by atoms with Gasteiger partial charge in [-0.15, -0.1) is 18.2 Å². The summed E-state index contributed by atoms with van der Waals surface area (Å²) in [5.74, 6) is 1.28. The van der Waals surface area contributed by atoms with Crippen molar-refractivity contribution in [2.45, 2.75) is 39.5 Å². The van der Waals surface area contributed by atoms with E-state index in [2.05, 4.69) is 92.9 Å². The average molecular weight is 746 g/mol. The van der Waals surface area contributed by atoms with Gasteiger partial charge in [-0.3, -0.25) is 4.98 Å². The van der Waals surface area contributed by atoms with E-state index < -0.39 is 0 Å². The van der Waals surface area contributed by atoms with Crippen molar-refractivity contribution in [2.24, 2.45) is 0 Å². The monoisotopic (exact) mass is 746 g/mol. The third-order valence-electron chi connectivity index (χ3n) is 7.97. The minimum atomic E-state index is -0.201. The zero-order valence-electron chi connectivity index (χ0n) is 23.9. The number of thiophene rings is 1. The Morgan fingerprint density at radius 3 is 2.17 bits per heavy atom. The van der Waals surface area contributed by atoms with E-state index in [0.717, 1.165) is 49.0 Å². The van der Waals surface area contributed by atoms with E-state index in [1.165, 1.54) is 28.2 Å². The number of benzene rings is 5. The molecule has 0 saturated heterocycles. The number of hydrogen-bond donors (Lipinski definition) is 0. The number of halogens is 1. The number of fused-ring (bicyclic) bond motifs is 4. The number of para-hydroxylation sites is 3. The second-order valence-corrected chi connectivity index (χ2v) is 12.2. The molecule has 5 aromatic carbocycles. The first-order valence-corrected chi connectivity index (χ1v) is 15.0. The van der Waals surface area contributed by atoms with Gasteiger partial charge in [-0.05, 0) is 62.4 Å². The van der Waals surface area contributed by atoms with Crippen molar-refractivity contribution in [3.05, 3.63) is 120 Å². The van der Waals surface area contributed by atoms with Gasteiger partial charge in [-0.1, -0.05) is 105 Å². The van der Waals surface area contributed by atoms with Crippen LogP contribution in [0.2, 0.25) is 0 Å². The predicted octanol–water partition coefficient (Wildman–Crippen LogP) is 10.9. The molecule has 0 N–H and O–H groups in total. The van der Waals surface area contributed by atoms with Gasteiger partial charge in [-0.25, -0.2) is 4.39 Å². The maximum Gasteiger partial charge on any atom is 0.140 e. The zero-order chi connectivity index (χ0) is 28.2. The molecule has 0 fully saturated rings. The Morgan fingerprint density at radius 1 is 0.762 bits per heavy atom. The predicted molar refractivity (Wildman–Crippen MR) is 172 cm³/mol. The number of rotatable bonds is 5. The van der Waals surface area contributed by atoms with Gasteiger partial charge in [0.25, 0.3) is 0 Å². The summed E-state index contributed by atoms with van der Waals surface area (Å²) in [6.45, 7) is 8.98. The van der Waals surface area contributed by atoms with Crippen molar-refractivity contribution < 1.29 is 24.5 Å². The summed E-state index contributed by atoms with van der Waals surface area (Å²) in [4.78, 5) is 5.23. The molecule has 2 nitrogen and oxygen atoms in total. The van der Waals surface area contributed by atoms with Crippen molar-refractivity contribution in [3.8, 4) is 28.2 Å². The second kappa shape index (κ2) is 11.2. The van der Waals surface area contributed by atoms with Crippen LogP contribution in [0.1, 0.15) is 50.7 Å². The summed E-state index contributed by atoms with van der Waals surface area (Å²) in [5, 5.41) is 1.97. The van der Waals surface area contributed by atoms with E-state index in [9.17, 15) is 0 Å². The third-order valence-corrected chi connectivity index (χ3v) is 9.20. The summed E-state index contributed by atoms with van der Waals surface area (Å²) >= 11 is 1.49. The molecule has 0 aliphatic heterocycles. The second-order valence-electron chi connectivity index (χ2n) is 11.2. The van der Waals surface area contributed by atoms with Crippen LogP contribution in [0.5, 0.6) is 0 Å². The number of imidazole rings is 1. The molecule has 5 heteroatoms. The van der Waals surface area contributed by atoms with Crippen LogP contribution < -0.4 is 0 Å². The molecule has 0 spiro atoms. The fourth-order valence-corrected chi connectivity index (χ4v) is 7.25. The van der Waals surface area contributed by atoms with Crippen LogP contribution in [-0.4, -0.2) is 9.55 Å². The zero-order valence-corrected chi connectivity index (χ0v) is 27.1. The molecule has 211 valence electrons. The fraction of sp³-hybridized carbons (Fsp3) is 0.162. The van der Waals surface area contributed by atoms with Crippen LogP contribution in [0.15, 0.2) is 97.1 Å². The fourth-order valence-electron chi connectivity index (χ4n) is 6.03. The maximum atomic E-state index is 15.4. The molecule has 0 aliphatic rings. The molecule has 42 heavy (non-hydrogen) atoms. The molecule has 0 amide bonds. The molecule has 1 radical (unpaired) electrons. The minimum absolute atomic E-state index is 0. The molecule has 7 aromatic rings. The molecule has 0 saturated carbocycles. The van der Waals surface area contributed by atoms with Gasteiger partial charge in [0.05, 0.1) is 21.6 Å². The van der Waals surface area contributed by atoms with Gasteiger partial charge in [-0.2, -0.15) is 11.3 Å². The van der Waals surface area contributed by atoms with Crippen LogP contribution in [-0.2, 0) is 20.1 Å². The number of aromatic nitrogens is 2.